The highest BCUT2D eigenvalue weighted by Gasteiger charge is 2.37. The summed E-state index contributed by atoms with van der Waals surface area (Å²) in [7, 11) is 0. The molecule has 128 valence electrons. The predicted molar refractivity (Wildman–Crippen MR) is 84.8 cm³/mol. The van der Waals surface area contributed by atoms with Gasteiger partial charge in [-0.15, -0.1) is 0 Å². The summed E-state index contributed by atoms with van der Waals surface area (Å²) in [5, 5.41) is 11.8. The standard InChI is InChI=1S/C17H25NO5/c1-17(2)22-12-14(15(23-17)9-6-10-19)18-16(20)21-11-13-7-4-3-5-8-13/h3-5,7-8,14-15,19H,6,9-12H2,1-2H3,(H,18,20)/t14-,15+/m1/s1. The normalized spacial score (nSPS) is 23.3. The van der Waals surface area contributed by atoms with Gasteiger partial charge in [0.05, 0.1) is 18.8 Å². The van der Waals surface area contributed by atoms with Gasteiger partial charge in [-0.05, 0) is 32.3 Å². The first-order valence-electron chi connectivity index (χ1n) is 7.90. The van der Waals surface area contributed by atoms with E-state index in [-0.39, 0.29) is 25.4 Å². The molecule has 1 amide bonds. The summed E-state index contributed by atoms with van der Waals surface area (Å²) in [4.78, 5) is 12.0. The van der Waals surface area contributed by atoms with Crippen molar-refractivity contribution in [2.45, 2.75) is 51.2 Å². The van der Waals surface area contributed by atoms with Crippen LogP contribution in [0.3, 0.4) is 0 Å². The maximum atomic E-state index is 12.0. The summed E-state index contributed by atoms with van der Waals surface area (Å²) < 4.78 is 16.7. The Morgan fingerprint density at radius 1 is 1.39 bits per heavy atom. The molecule has 0 radical (unpaired) electrons. The quantitative estimate of drug-likeness (QED) is 0.839. The Bertz CT molecular complexity index is 491. The molecule has 1 aromatic carbocycles. The third-order valence-electron chi connectivity index (χ3n) is 3.66. The molecule has 0 saturated carbocycles. The third kappa shape index (κ3) is 5.82. The highest BCUT2D eigenvalue weighted by molar-refractivity contribution is 5.67. The molecule has 1 saturated heterocycles. The number of nitrogens with one attached hydrogen (secondary N) is 1. The number of aliphatic hydroxyl groups is 1. The number of hydrogen-bond acceptors (Lipinski definition) is 5. The lowest BCUT2D eigenvalue weighted by molar-refractivity contribution is -0.282. The van der Waals surface area contributed by atoms with Gasteiger partial charge >= 0.3 is 6.09 Å². The van der Waals surface area contributed by atoms with Crippen molar-refractivity contribution in [3.05, 3.63) is 35.9 Å². The summed E-state index contributed by atoms with van der Waals surface area (Å²) >= 11 is 0. The van der Waals surface area contributed by atoms with Crippen molar-refractivity contribution in [2.24, 2.45) is 0 Å². The molecule has 1 fully saturated rings. The number of carbonyl (C=O) groups excluding carboxylic acids is 1. The summed E-state index contributed by atoms with van der Waals surface area (Å²) in [5.41, 5.74) is 0.928. The molecule has 1 aliphatic rings. The van der Waals surface area contributed by atoms with E-state index < -0.39 is 11.9 Å². The van der Waals surface area contributed by atoms with Crippen LogP contribution in [0.1, 0.15) is 32.3 Å². The van der Waals surface area contributed by atoms with Crippen molar-refractivity contribution in [3.8, 4) is 0 Å². The molecule has 1 aliphatic heterocycles. The van der Waals surface area contributed by atoms with E-state index >= 15 is 0 Å². The molecule has 0 aromatic heterocycles. The molecule has 0 spiro atoms. The van der Waals surface area contributed by atoms with Gasteiger partial charge in [0.25, 0.3) is 0 Å². The van der Waals surface area contributed by atoms with Gasteiger partial charge in [-0.25, -0.2) is 4.79 Å². The van der Waals surface area contributed by atoms with Crippen molar-refractivity contribution in [3.63, 3.8) is 0 Å². The average molecular weight is 323 g/mol. The fourth-order valence-corrected chi connectivity index (χ4v) is 2.48. The zero-order valence-electron chi connectivity index (χ0n) is 13.7. The van der Waals surface area contributed by atoms with Crippen LogP contribution in [0.15, 0.2) is 30.3 Å². The van der Waals surface area contributed by atoms with Crippen molar-refractivity contribution >= 4 is 6.09 Å². The van der Waals surface area contributed by atoms with Crippen LogP contribution in [0.25, 0.3) is 0 Å². The SMILES string of the molecule is CC1(C)OC[C@@H](NC(=O)OCc2ccccc2)[C@H](CCCO)O1. The molecule has 0 unspecified atom stereocenters. The molecule has 2 rings (SSSR count). The van der Waals surface area contributed by atoms with Gasteiger partial charge in [0.2, 0.25) is 0 Å². The van der Waals surface area contributed by atoms with E-state index in [0.717, 1.165) is 5.56 Å². The van der Waals surface area contributed by atoms with Crippen LogP contribution in [0.2, 0.25) is 0 Å². The number of rotatable bonds is 6. The lowest BCUT2D eigenvalue weighted by Gasteiger charge is -2.41. The van der Waals surface area contributed by atoms with Crippen LogP contribution >= 0.6 is 0 Å². The monoisotopic (exact) mass is 323 g/mol. The maximum Gasteiger partial charge on any atom is 0.407 e. The van der Waals surface area contributed by atoms with Gasteiger partial charge < -0.3 is 24.6 Å². The van der Waals surface area contributed by atoms with Crippen molar-refractivity contribution in [1.82, 2.24) is 5.32 Å². The average Bonchev–Trinajstić information content (AvgIpc) is 2.54. The van der Waals surface area contributed by atoms with Gasteiger partial charge in [-0.2, -0.15) is 0 Å². The molecule has 1 aromatic rings. The molecular formula is C17H25NO5. The Labute approximate surface area is 136 Å². The molecule has 6 heteroatoms. The van der Waals surface area contributed by atoms with E-state index in [1.807, 2.05) is 44.2 Å². The zero-order chi connectivity index (χ0) is 16.7. The first kappa shape index (κ1) is 17.7. The minimum absolute atomic E-state index is 0.0896. The van der Waals surface area contributed by atoms with E-state index in [1.54, 1.807) is 0 Å². The van der Waals surface area contributed by atoms with E-state index in [4.69, 9.17) is 19.3 Å². The van der Waals surface area contributed by atoms with Crippen LogP contribution < -0.4 is 5.32 Å². The number of benzene rings is 1. The van der Waals surface area contributed by atoms with Gasteiger partial charge in [-0.1, -0.05) is 30.3 Å². The fraction of sp³-hybridized carbons (Fsp3) is 0.588. The lowest BCUT2D eigenvalue weighted by Crippen LogP contribution is -2.56. The van der Waals surface area contributed by atoms with Crippen LogP contribution in [0, 0.1) is 0 Å². The van der Waals surface area contributed by atoms with Crippen molar-refractivity contribution in [2.75, 3.05) is 13.2 Å². The number of amides is 1. The van der Waals surface area contributed by atoms with Crippen LogP contribution in [0.4, 0.5) is 4.79 Å². The second-order valence-electron chi connectivity index (χ2n) is 6.05. The van der Waals surface area contributed by atoms with Gasteiger partial charge in [0.1, 0.15) is 6.61 Å². The second kappa shape index (κ2) is 8.29. The lowest BCUT2D eigenvalue weighted by atomic mass is 10.0. The molecule has 2 N–H and O–H groups in total. The minimum Gasteiger partial charge on any atom is -0.445 e. The topological polar surface area (TPSA) is 77.0 Å². The van der Waals surface area contributed by atoms with Gasteiger partial charge in [0.15, 0.2) is 5.79 Å². The number of carbonyl (C=O) groups is 1. The smallest absolute Gasteiger partial charge is 0.407 e. The number of hydrogen-bond donors (Lipinski definition) is 2. The second-order valence-corrected chi connectivity index (χ2v) is 6.05. The molecule has 2 atom stereocenters. The van der Waals surface area contributed by atoms with Gasteiger partial charge in [-0.3, -0.25) is 0 Å². The van der Waals surface area contributed by atoms with E-state index in [9.17, 15) is 4.79 Å². The zero-order valence-corrected chi connectivity index (χ0v) is 13.7. The van der Waals surface area contributed by atoms with Crippen LogP contribution in [-0.2, 0) is 20.8 Å². The third-order valence-corrected chi connectivity index (χ3v) is 3.66. The molecule has 0 bridgehead atoms. The Balaban J connectivity index is 1.84. The Kier molecular flexibility index (Phi) is 6.38. The predicted octanol–water partition coefficient (Wildman–Crippen LogP) is 2.21. The first-order valence-corrected chi connectivity index (χ1v) is 7.90. The van der Waals surface area contributed by atoms with Crippen LogP contribution in [0.5, 0.6) is 0 Å². The molecular weight excluding hydrogens is 298 g/mol. The summed E-state index contributed by atoms with van der Waals surface area (Å²) in [6, 6.07) is 9.20. The Hall–Kier alpha value is -1.63. The van der Waals surface area contributed by atoms with E-state index in [2.05, 4.69) is 5.32 Å². The number of ether oxygens (including phenoxy) is 3. The first-order chi connectivity index (χ1) is 11.0. The Morgan fingerprint density at radius 2 is 2.13 bits per heavy atom. The minimum atomic E-state index is -0.688. The summed E-state index contributed by atoms with van der Waals surface area (Å²) in [5.74, 6) is -0.688. The fourth-order valence-electron chi connectivity index (χ4n) is 2.48. The van der Waals surface area contributed by atoms with Crippen LogP contribution in [-0.4, -0.2) is 42.3 Å². The molecule has 1 heterocycles. The maximum absolute atomic E-state index is 12.0. The Morgan fingerprint density at radius 3 is 2.83 bits per heavy atom. The highest BCUT2D eigenvalue weighted by atomic mass is 16.7. The van der Waals surface area contributed by atoms with Gasteiger partial charge in [0, 0.05) is 6.61 Å². The van der Waals surface area contributed by atoms with E-state index in [0.29, 0.717) is 19.4 Å². The number of aliphatic hydroxyl groups excluding tert-OH is 1. The molecule has 23 heavy (non-hydrogen) atoms. The number of alkyl carbamates (subject to hydrolysis) is 1. The highest BCUT2D eigenvalue weighted by Crippen LogP contribution is 2.25. The molecule has 6 nitrogen and oxygen atoms in total. The van der Waals surface area contributed by atoms with Crippen molar-refractivity contribution in [1.29, 1.82) is 0 Å². The summed E-state index contributed by atoms with van der Waals surface area (Å²) in [6.07, 6.45) is 0.542. The van der Waals surface area contributed by atoms with E-state index in [1.165, 1.54) is 0 Å². The summed E-state index contributed by atoms with van der Waals surface area (Å²) in [6.45, 7) is 4.33. The van der Waals surface area contributed by atoms with Crippen molar-refractivity contribution < 1.29 is 24.1 Å². The largest absolute Gasteiger partial charge is 0.445 e. The molecule has 0 aliphatic carbocycles.